The topological polar surface area (TPSA) is 42.0 Å². The first-order valence-electron chi connectivity index (χ1n) is 9.41. The summed E-state index contributed by atoms with van der Waals surface area (Å²) in [6, 6.07) is 7.69. The highest BCUT2D eigenvalue weighted by molar-refractivity contribution is 7.16. The van der Waals surface area contributed by atoms with Crippen LogP contribution in [0.4, 0.5) is 0 Å². The Kier molecular flexibility index (Phi) is 6.31. The molecule has 2 aliphatic heterocycles. The number of carbonyl (C=O) groups excluding carboxylic acids is 1. The summed E-state index contributed by atoms with van der Waals surface area (Å²) in [5.41, 5.74) is 0.856. The number of ether oxygens (including phenoxy) is 2. The first kappa shape index (κ1) is 19.8. The fraction of sp³-hybridized carbons (Fsp3) is 0.450. The molecule has 3 heterocycles. The van der Waals surface area contributed by atoms with Gasteiger partial charge >= 0.3 is 0 Å². The van der Waals surface area contributed by atoms with Crippen LogP contribution in [-0.2, 0) is 17.8 Å². The summed E-state index contributed by atoms with van der Waals surface area (Å²) in [5, 5.41) is 0.502. The number of halogens is 2. The molecule has 0 bridgehead atoms. The van der Waals surface area contributed by atoms with Crippen molar-refractivity contribution >= 4 is 40.4 Å². The molecule has 0 atom stereocenters. The molecule has 1 saturated heterocycles. The van der Waals surface area contributed by atoms with Gasteiger partial charge in [0.25, 0.3) is 0 Å². The van der Waals surface area contributed by atoms with Crippen LogP contribution in [0.1, 0.15) is 16.9 Å². The van der Waals surface area contributed by atoms with Crippen LogP contribution in [0.15, 0.2) is 24.3 Å². The molecule has 2 aromatic rings. The van der Waals surface area contributed by atoms with E-state index in [4.69, 9.17) is 32.7 Å². The Morgan fingerprint density at radius 2 is 1.86 bits per heavy atom. The lowest BCUT2D eigenvalue weighted by Crippen LogP contribution is -2.48. The molecular weight excluding hydrogens is 419 g/mol. The van der Waals surface area contributed by atoms with Crippen molar-refractivity contribution in [3.63, 3.8) is 0 Å². The van der Waals surface area contributed by atoms with E-state index in [9.17, 15) is 4.79 Å². The minimum absolute atomic E-state index is 0.115. The number of hydrogen-bond donors (Lipinski definition) is 0. The van der Waals surface area contributed by atoms with Gasteiger partial charge in [-0.15, -0.1) is 11.3 Å². The zero-order valence-electron chi connectivity index (χ0n) is 15.5. The largest absolute Gasteiger partial charge is 0.489 e. The maximum absolute atomic E-state index is 12.8. The molecule has 150 valence electrons. The van der Waals surface area contributed by atoms with E-state index < -0.39 is 0 Å². The lowest BCUT2D eigenvalue weighted by Gasteiger charge is -2.34. The monoisotopic (exact) mass is 440 g/mol. The van der Waals surface area contributed by atoms with Gasteiger partial charge in [0.2, 0.25) is 5.91 Å². The average Bonchev–Trinajstić information content (AvgIpc) is 2.93. The molecule has 0 saturated carbocycles. The first-order valence-corrected chi connectivity index (χ1v) is 11.0. The summed E-state index contributed by atoms with van der Waals surface area (Å²) < 4.78 is 12.2. The van der Waals surface area contributed by atoms with Crippen LogP contribution in [0.3, 0.4) is 0 Å². The Balaban J connectivity index is 1.33. The van der Waals surface area contributed by atoms with Crippen molar-refractivity contribution in [1.29, 1.82) is 0 Å². The molecule has 1 aromatic carbocycles. The smallest absolute Gasteiger partial charge is 0.227 e. The molecule has 5 nitrogen and oxygen atoms in total. The molecule has 0 N–H and O–H groups in total. The number of nitrogens with zero attached hydrogens (tertiary/aromatic N) is 2. The summed E-state index contributed by atoms with van der Waals surface area (Å²) in [5.74, 6) is 1.33. The van der Waals surface area contributed by atoms with Crippen LogP contribution >= 0.6 is 34.5 Å². The SMILES string of the molecule is O=C(Cc1cc(Cl)c2c(c1)OCCCO2)N1CCN(Cc2ccc(Cl)s2)CC1. The van der Waals surface area contributed by atoms with E-state index in [1.54, 1.807) is 11.3 Å². The van der Waals surface area contributed by atoms with Crippen LogP contribution < -0.4 is 9.47 Å². The van der Waals surface area contributed by atoms with Crippen LogP contribution in [0.2, 0.25) is 9.36 Å². The molecule has 1 amide bonds. The van der Waals surface area contributed by atoms with Crippen molar-refractivity contribution in [2.45, 2.75) is 19.4 Å². The number of benzene rings is 1. The normalized spacial score (nSPS) is 17.4. The fourth-order valence-electron chi connectivity index (χ4n) is 3.49. The zero-order valence-corrected chi connectivity index (χ0v) is 17.8. The van der Waals surface area contributed by atoms with E-state index in [2.05, 4.69) is 11.0 Å². The molecule has 4 rings (SSSR count). The quantitative estimate of drug-likeness (QED) is 0.717. The molecule has 28 heavy (non-hydrogen) atoms. The summed E-state index contributed by atoms with van der Waals surface area (Å²) >= 11 is 14.0. The van der Waals surface area contributed by atoms with Crippen LogP contribution in [0.25, 0.3) is 0 Å². The lowest BCUT2D eigenvalue weighted by atomic mass is 10.1. The molecule has 0 radical (unpaired) electrons. The number of hydrogen-bond acceptors (Lipinski definition) is 5. The van der Waals surface area contributed by atoms with E-state index in [1.165, 1.54) is 4.88 Å². The molecular formula is C20H22Cl2N2O3S. The van der Waals surface area contributed by atoms with Crippen molar-refractivity contribution in [2.75, 3.05) is 39.4 Å². The summed E-state index contributed by atoms with van der Waals surface area (Å²) in [7, 11) is 0. The second-order valence-corrected chi connectivity index (χ2v) is 9.20. The Morgan fingerprint density at radius 3 is 2.61 bits per heavy atom. The number of fused-ring (bicyclic) bond motifs is 1. The van der Waals surface area contributed by atoms with Gasteiger partial charge < -0.3 is 14.4 Å². The standard InChI is InChI=1S/C20H22Cl2N2O3S/c21-16-10-14(11-17-20(16)27-9-1-8-26-17)12-19(25)24-6-4-23(5-7-24)13-15-2-3-18(22)28-15/h2-3,10-11H,1,4-9,12-13H2. The van der Waals surface area contributed by atoms with Gasteiger partial charge in [0.05, 0.1) is 29.0 Å². The van der Waals surface area contributed by atoms with Gasteiger partial charge in [-0.2, -0.15) is 0 Å². The molecule has 2 aliphatic rings. The van der Waals surface area contributed by atoms with Gasteiger partial charge in [0.15, 0.2) is 11.5 Å². The van der Waals surface area contributed by atoms with E-state index >= 15 is 0 Å². The van der Waals surface area contributed by atoms with Crippen LogP contribution in [0, 0.1) is 0 Å². The maximum Gasteiger partial charge on any atom is 0.227 e. The third kappa shape index (κ3) is 4.74. The number of amides is 1. The average molecular weight is 441 g/mol. The van der Waals surface area contributed by atoms with Gasteiger partial charge in [0, 0.05) is 44.0 Å². The van der Waals surface area contributed by atoms with Crippen molar-refractivity contribution in [3.05, 3.63) is 44.1 Å². The third-order valence-corrected chi connectivity index (χ3v) is 6.45. The summed E-state index contributed by atoms with van der Waals surface area (Å²) in [6.07, 6.45) is 1.14. The number of piperazine rings is 1. The van der Waals surface area contributed by atoms with E-state index in [0.717, 1.165) is 49.0 Å². The molecule has 1 fully saturated rings. The zero-order chi connectivity index (χ0) is 19.5. The summed E-state index contributed by atoms with van der Waals surface area (Å²) in [4.78, 5) is 18.3. The first-order chi connectivity index (χ1) is 13.6. The summed E-state index contributed by atoms with van der Waals surface area (Å²) in [6.45, 7) is 5.26. The Morgan fingerprint density at radius 1 is 1.07 bits per heavy atom. The molecule has 8 heteroatoms. The van der Waals surface area contributed by atoms with Crippen molar-refractivity contribution in [1.82, 2.24) is 9.80 Å². The minimum atomic E-state index is 0.115. The van der Waals surface area contributed by atoms with E-state index in [0.29, 0.717) is 36.2 Å². The second-order valence-electron chi connectivity index (χ2n) is 6.99. The lowest BCUT2D eigenvalue weighted by molar-refractivity contribution is -0.132. The molecule has 0 aliphatic carbocycles. The third-order valence-electron chi connectivity index (χ3n) is 4.95. The van der Waals surface area contributed by atoms with Crippen LogP contribution in [0.5, 0.6) is 11.5 Å². The molecule has 1 aromatic heterocycles. The van der Waals surface area contributed by atoms with Gasteiger partial charge in [-0.05, 0) is 29.8 Å². The highest BCUT2D eigenvalue weighted by Gasteiger charge is 2.23. The Hall–Kier alpha value is -1.47. The van der Waals surface area contributed by atoms with E-state index in [1.807, 2.05) is 23.1 Å². The number of thiophene rings is 1. The molecule has 0 spiro atoms. The number of carbonyl (C=O) groups is 1. The second kappa shape index (κ2) is 8.91. The van der Waals surface area contributed by atoms with Crippen LogP contribution in [-0.4, -0.2) is 55.1 Å². The van der Waals surface area contributed by atoms with Crippen molar-refractivity contribution in [2.24, 2.45) is 0 Å². The number of rotatable bonds is 4. The highest BCUT2D eigenvalue weighted by Crippen LogP contribution is 2.38. The minimum Gasteiger partial charge on any atom is -0.489 e. The van der Waals surface area contributed by atoms with Crippen molar-refractivity contribution < 1.29 is 14.3 Å². The van der Waals surface area contributed by atoms with E-state index in [-0.39, 0.29) is 5.91 Å². The predicted octanol–water partition coefficient (Wildman–Crippen LogP) is 4.10. The highest BCUT2D eigenvalue weighted by atomic mass is 35.5. The van der Waals surface area contributed by atoms with Gasteiger partial charge in [-0.1, -0.05) is 23.2 Å². The Bertz CT molecular complexity index is 850. The predicted molar refractivity (Wildman–Crippen MR) is 112 cm³/mol. The Labute approximate surface area is 178 Å². The van der Waals surface area contributed by atoms with Gasteiger partial charge in [-0.3, -0.25) is 9.69 Å². The van der Waals surface area contributed by atoms with Crippen molar-refractivity contribution in [3.8, 4) is 11.5 Å². The van der Waals surface area contributed by atoms with Gasteiger partial charge in [-0.25, -0.2) is 0 Å². The van der Waals surface area contributed by atoms with Gasteiger partial charge in [0.1, 0.15) is 0 Å². The maximum atomic E-state index is 12.8. The molecule has 0 unspecified atom stereocenters. The fourth-order valence-corrected chi connectivity index (χ4v) is 4.90.